The SMILES string of the molecule is NC(=O)NN=C1C=CC(=O)C=C1. The molecule has 0 aliphatic heterocycles. The molecular weight excluding hydrogens is 158 g/mol. The van der Waals surface area contributed by atoms with E-state index in [9.17, 15) is 9.59 Å². The van der Waals surface area contributed by atoms with Gasteiger partial charge in [0, 0.05) is 0 Å². The minimum absolute atomic E-state index is 0.104. The zero-order valence-corrected chi connectivity index (χ0v) is 6.15. The summed E-state index contributed by atoms with van der Waals surface area (Å²) >= 11 is 0. The van der Waals surface area contributed by atoms with Crippen molar-refractivity contribution in [2.45, 2.75) is 0 Å². The Balaban J connectivity index is 2.61. The Morgan fingerprint density at radius 3 is 2.42 bits per heavy atom. The molecule has 3 N–H and O–H groups in total. The van der Waals surface area contributed by atoms with E-state index in [2.05, 4.69) is 5.10 Å². The van der Waals surface area contributed by atoms with Gasteiger partial charge in [-0.05, 0) is 24.3 Å². The maximum absolute atomic E-state index is 10.6. The number of allylic oxidation sites excluding steroid dienone is 4. The highest BCUT2D eigenvalue weighted by Crippen LogP contribution is 1.93. The number of amides is 2. The third-order valence-electron chi connectivity index (χ3n) is 1.13. The number of hydrogen-bond donors (Lipinski definition) is 2. The van der Waals surface area contributed by atoms with E-state index < -0.39 is 6.03 Å². The predicted molar refractivity (Wildman–Crippen MR) is 43.4 cm³/mol. The molecule has 12 heavy (non-hydrogen) atoms. The van der Waals surface area contributed by atoms with Crippen LogP contribution in [0.3, 0.4) is 0 Å². The molecule has 62 valence electrons. The normalized spacial score (nSPS) is 14.7. The Morgan fingerprint density at radius 1 is 1.33 bits per heavy atom. The summed E-state index contributed by atoms with van der Waals surface area (Å²) in [6.07, 6.45) is 5.67. The van der Waals surface area contributed by atoms with E-state index in [1.165, 1.54) is 24.3 Å². The summed E-state index contributed by atoms with van der Waals surface area (Å²) in [5, 5.41) is 3.58. The molecule has 1 rings (SSSR count). The van der Waals surface area contributed by atoms with Crippen molar-refractivity contribution < 1.29 is 9.59 Å². The van der Waals surface area contributed by atoms with Crippen LogP contribution in [0.15, 0.2) is 29.4 Å². The largest absolute Gasteiger partial charge is 0.350 e. The Bertz CT molecular complexity index is 284. The molecule has 1 aliphatic rings. The van der Waals surface area contributed by atoms with E-state index in [0.29, 0.717) is 5.71 Å². The maximum atomic E-state index is 10.6. The quantitative estimate of drug-likeness (QED) is 0.413. The number of carbonyl (C=O) groups excluding carboxylic acids is 2. The highest BCUT2D eigenvalue weighted by molar-refractivity contribution is 6.16. The average molecular weight is 165 g/mol. The second-order valence-corrected chi connectivity index (χ2v) is 2.08. The van der Waals surface area contributed by atoms with Crippen molar-refractivity contribution in [3.8, 4) is 0 Å². The lowest BCUT2D eigenvalue weighted by atomic mass is 10.2. The number of nitrogens with one attached hydrogen (secondary N) is 1. The molecule has 0 spiro atoms. The van der Waals surface area contributed by atoms with Gasteiger partial charge in [-0.2, -0.15) is 5.10 Å². The molecule has 2 amide bonds. The zero-order chi connectivity index (χ0) is 8.97. The average Bonchev–Trinajstić information content (AvgIpc) is 2.03. The molecule has 0 unspecified atom stereocenters. The van der Waals surface area contributed by atoms with E-state index in [4.69, 9.17) is 5.73 Å². The number of primary amides is 1. The van der Waals surface area contributed by atoms with Crippen LogP contribution in [0.1, 0.15) is 0 Å². The molecule has 0 atom stereocenters. The first-order chi connectivity index (χ1) is 5.68. The van der Waals surface area contributed by atoms with Crippen molar-refractivity contribution in [3.63, 3.8) is 0 Å². The lowest BCUT2D eigenvalue weighted by Crippen LogP contribution is -2.25. The molecule has 0 aromatic heterocycles. The van der Waals surface area contributed by atoms with Crippen LogP contribution in [0.5, 0.6) is 0 Å². The maximum Gasteiger partial charge on any atom is 0.332 e. The molecule has 0 bridgehead atoms. The van der Waals surface area contributed by atoms with Gasteiger partial charge in [0.2, 0.25) is 0 Å². The summed E-state index contributed by atoms with van der Waals surface area (Å²) in [5.41, 5.74) is 7.29. The first kappa shape index (κ1) is 8.19. The molecule has 0 radical (unpaired) electrons. The number of carbonyl (C=O) groups is 2. The lowest BCUT2D eigenvalue weighted by Gasteiger charge is -1.97. The summed E-state index contributed by atoms with van der Waals surface area (Å²) in [5.74, 6) is -0.104. The van der Waals surface area contributed by atoms with E-state index >= 15 is 0 Å². The minimum atomic E-state index is -0.735. The first-order valence-corrected chi connectivity index (χ1v) is 3.22. The smallest absolute Gasteiger partial charge is 0.332 e. The van der Waals surface area contributed by atoms with Gasteiger partial charge in [0.15, 0.2) is 5.78 Å². The summed E-state index contributed by atoms with van der Waals surface area (Å²) in [6.45, 7) is 0. The van der Waals surface area contributed by atoms with Crippen LogP contribution >= 0.6 is 0 Å². The topological polar surface area (TPSA) is 84.6 Å². The van der Waals surface area contributed by atoms with Crippen LogP contribution in [0, 0.1) is 0 Å². The fourth-order valence-electron chi connectivity index (χ4n) is 0.640. The van der Waals surface area contributed by atoms with Gasteiger partial charge in [-0.1, -0.05) is 0 Å². The standard InChI is InChI=1S/C7H7N3O2/c8-7(12)10-9-5-1-3-6(11)4-2-5/h1-4H,(H3,8,10,12). The second-order valence-electron chi connectivity index (χ2n) is 2.08. The van der Waals surface area contributed by atoms with Gasteiger partial charge < -0.3 is 5.73 Å². The number of ketones is 1. The summed E-state index contributed by atoms with van der Waals surface area (Å²) in [6, 6.07) is -0.735. The lowest BCUT2D eigenvalue weighted by molar-refractivity contribution is -0.110. The monoisotopic (exact) mass is 165 g/mol. The van der Waals surface area contributed by atoms with Crippen LogP contribution in [0.4, 0.5) is 4.79 Å². The Kier molecular flexibility index (Phi) is 2.37. The molecule has 1 aliphatic carbocycles. The Morgan fingerprint density at radius 2 is 1.92 bits per heavy atom. The van der Waals surface area contributed by atoms with Crippen LogP contribution in [-0.4, -0.2) is 17.5 Å². The molecule has 0 saturated heterocycles. The predicted octanol–water partition coefficient (Wildman–Crippen LogP) is -0.294. The second kappa shape index (κ2) is 3.47. The van der Waals surface area contributed by atoms with Gasteiger partial charge in [0.25, 0.3) is 0 Å². The van der Waals surface area contributed by atoms with Crippen molar-refractivity contribution >= 4 is 17.5 Å². The van der Waals surface area contributed by atoms with Gasteiger partial charge in [-0.25, -0.2) is 10.2 Å². The molecule has 0 saturated carbocycles. The van der Waals surface area contributed by atoms with Crippen LogP contribution in [0.2, 0.25) is 0 Å². The fourth-order valence-corrected chi connectivity index (χ4v) is 0.640. The van der Waals surface area contributed by atoms with E-state index in [1.54, 1.807) is 0 Å². The third kappa shape index (κ3) is 2.37. The van der Waals surface area contributed by atoms with Crippen molar-refractivity contribution in [1.29, 1.82) is 0 Å². The number of nitrogens with zero attached hydrogens (tertiary/aromatic N) is 1. The molecule has 5 nitrogen and oxygen atoms in total. The number of hydrazone groups is 1. The van der Waals surface area contributed by atoms with Crippen LogP contribution in [-0.2, 0) is 4.79 Å². The molecular formula is C7H7N3O2. The van der Waals surface area contributed by atoms with E-state index in [-0.39, 0.29) is 5.78 Å². The molecule has 5 heteroatoms. The van der Waals surface area contributed by atoms with Crippen molar-refractivity contribution in [1.82, 2.24) is 5.43 Å². The summed E-state index contributed by atoms with van der Waals surface area (Å²) in [7, 11) is 0. The molecule has 0 heterocycles. The fraction of sp³-hybridized carbons (Fsp3) is 0. The molecule has 0 fully saturated rings. The summed E-state index contributed by atoms with van der Waals surface area (Å²) in [4.78, 5) is 20.8. The highest BCUT2D eigenvalue weighted by atomic mass is 16.2. The van der Waals surface area contributed by atoms with Crippen molar-refractivity contribution in [3.05, 3.63) is 24.3 Å². The Labute approximate surface area is 68.6 Å². The molecule has 0 aromatic rings. The number of hydrogen-bond acceptors (Lipinski definition) is 3. The summed E-state index contributed by atoms with van der Waals surface area (Å²) < 4.78 is 0. The van der Waals surface area contributed by atoms with Crippen LogP contribution in [0.25, 0.3) is 0 Å². The minimum Gasteiger partial charge on any atom is -0.350 e. The van der Waals surface area contributed by atoms with Gasteiger partial charge in [0.1, 0.15) is 0 Å². The van der Waals surface area contributed by atoms with Crippen molar-refractivity contribution in [2.24, 2.45) is 10.8 Å². The van der Waals surface area contributed by atoms with Crippen LogP contribution < -0.4 is 11.2 Å². The third-order valence-corrected chi connectivity index (χ3v) is 1.13. The number of nitrogens with two attached hydrogens (primary N) is 1. The first-order valence-electron chi connectivity index (χ1n) is 3.22. The van der Waals surface area contributed by atoms with E-state index in [1.807, 2.05) is 5.43 Å². The Hall–Kier alpha value is -1.91. The van der Waals surface area contributed by atoms with Crippen molar-refractivity contribution in [2.75, 3.05) is 0 Å². The molecule has 0 aromatic carbocycles. The van der Waals surface area contributed by atoms with Gasteiger partial charge in [-0.3, -0.25) is 4.79 Å². The number of urea groups is 1. The zero-order valence-electron chi connectivity index (χ0n) is 6.15. The highest BCUT2D eigenvalue weighted by Gasteiger charge is 1.99. The van der Waals surface area contributed by atoms with Gasteiger partial charge >= 0.3 is 6.03 Å². The van der Waals surface area contributed by atoms with Gasteiger partial charge in [-0.15, -0.1) is 0 Å². The van der Waals surface area contributed by atoms with Gasteiger partial charge in [0.05, 0.1) is 5.71 Å². The number of rotatable bonds is 1. The van der Waals surface area contributed by atoms with E-state index in [0.717, 1.165) is 0 Å².